The maximum absolute atomic E-state index is 13.3. The van der Waals surface area contributed by atoms with Gasteiger partial charge in [-0.05, 0) is 167 Å². The molecule has 0 radical (unpaired) electrons. The molecule has 0 spiro atoms. The number of anilines is 7. The molecule has 8 aromatic carbocycles. The number of aryl methyl sites for hydroxylation is 6. The summed E-state index contributed by atoms with van der Waals surface area (Å²) in [5.74, 6) is -1.72. The summed E-state index contributed by atoms with van der Waals surface area (Å²) in [6, 6.07) is 61.4. The Bertz CT molecular complexity index is 3240. The number of ether oxygens (including phenoxy) is 3. The summed E-state index contributed by atoms with van der Waals surface area (Å²) in [4.78, 5) is 42.1. The van der Waals surface area contributed by atoms with Crippen LogP contribution in [0, 0.1) is 41.5 Å². The Morgan fingerprint density at radius 1 is 0.538 bits per heavy atom. The molecule has 2 atom stereocenters. The van der Waals surface area contributed by atoms with Gasteiger partial charge in [-0.2, -0.15) is 0 Å². The number of esters is 3. The second-order valence-corrected chi connectivity index (χ2v) is 20.9. The van der Waals surface area contributed by atoms with E-state index in [4.69, 9.17) is 14.2 Å². The highest BCUT2D eigenvalue weighted by molar-refractivity contribution is 5.97. The molecule has 398 valence electrons. The van der Waals surface area contributed by atoms with E-state index in [2.05, 4.69) is 233 Å². The molecule has 9 rings (SSSR count). The van der Waals surface area contributed by atoms with Crippen LogP contribution in [0.4, 0.5) is 39.8 Å². The van der Waals surface area contributed by atoms with Crippen LogP contribution in [-0.4, -0.2) is 43.3 Å². The van der Waals surface area contributed by atoms with Crippen LogP contribution in [0.15, 0.2) is 182 Å². The first-order valence-corrected chi connectivity index (χ1v) is 27.3. The lowest BCUT2D eigenvalue weighted by molar-refractivity contribution is -0.156. The van der Waals surface area contributed by atoms with Crippen molar-refractivity contribution in [1.82, 2.24) is 0 Å². The van der Waals surface area contributed by atoms with Gasteiger partial charge < -0.3 is 29.3 Å². The van der Waals surface area contributed by atoms with Crippen LogP contribution in [0.1, 0.15) is 101 Å². The quantitative estimate of drug-likeness (QED) is 0.0279. The molecule has 0 heterocycles. The van der Waals surface area contributed by atoms with E-state index >= 15 is 0 Å². The van der Waals surface area contributed by atoms with Crippen molar-refractivity contribution in [1.29, 1.82) is 0 Å². The molecule has 78 heavy (non-hydrogen) atoms. The molecule has 1 aliphatic rings. The first-order chi connectivity index (χ1) is 37.7. The van der Waals surface area contributed by atoms with Crippen LogP contribution in [0.2, 0.25) is 0 Å². The normalized spacial score (nSPS) is 14.2. The third-order valence-electron chi connectivity index (χ3n) is 14.8. The molecular weight excluding hydrogens is 967 g/mol. The molecule has 1 aliphatic carbocycles. The van der Waals surface area contributed by atoms with Gasteiger partial charge in [0.2, 0.25) is 0 Å². The maximum atomic E-state index is 13.3. The van der Waals surface area contributed by atoms with Crippen LogP contribution in [0.5, 0.6) is 0 Å². The number of hydrogen-bond acceptors (Lipinski definition) is 9. The Balaban J connectivity index is 1.06. The highest BCUT2D eigenvalue weighted by Crippen LogP contribution is 2.45. The number of benzene rings is 8. The summed E-state index contributed by atoms with van der Waals surface area (Å²) >= 11 is 0. The van der Waals surface area contributed by atoms with E-state index in [0.29, 0.717) is 6.42 Å². The van der Waals surface area contributed by atoms with Gasteiger partial charge >= 0.3 is 17.9 Å². The second kappa shape index (κ2) is 24.7. The van der Waals surface area contributed by atoms with E-state index in [0.717, 1.165) is 69.6 Å². The van der Waals surface area contributed by atoms with E-state index in [1.165, 1.54) is 50.3 Å². The summed E-state index contributed by atoms with van der Waals surface area (Å²) in [6.45, 7) is 18.0. The molecule has 1 fully saturated rings. The topological polar surface area (TPSA) is 97.4 Å². The number of rotatable bonds is 19. The van der Waals surface area contributed by atoms with E-state index in [-0.39, 0.29) is 49.7 Å². The van der Waals surface area contributed by atoms with Gasteiger partial charge in [0.05, 0.1) is 30.3 Å². The van der Waals surface area contributed by atoms with Gasteiger partial charge in [0, 0.05) is 45.3 Å². The monoisotopic (exact) mass is 1040 g/mol. The molecule has 8 aromatic rings. The van der Waals surface area contributed by atoms with Crippen molar-refractivity contribution in [3.63, 3.8) is 0 Å². The third kappa shape index (κ3) is 12.5. The fraction of sp³-hybridized carbons (Fsp3) is 0.261. The smallest absolute Gasteiger partial charge is 0.333 e. The first-order valence-electron chi connectivity index (χ1n) is 27.3. The molecule has 0 amide bonds. The van der Waals surface area contributed by atoms with Gasteiger partial charge in [0.15, 0.2) is 0 Å². The maximum Gasteiger partial charge on any atom is 0.333 e. The Labute approximate surface area is 460 Å². The van der Waals surface area contributed by atoms with Gasteiger partial charge in [-0.15, -0.1) is 0 Å². The molecule has 0 saturated heterocycles. The molecule has 2 unspecified atom stereocenters. The first kappa shape index (κ1) is 54.4. The van der Waals surface area contributed by atoms with Crippen molar-refractivity contribution in [2.45, 2.75) is 105 Å². The minimum Gasteiger partial charge on any atom is -0.462 e. The molecule has 1 saturated carbocycles. The lowest BCUT2D eigenvalue weighted by Crippen LogP contribution is -2.39. The third-order valence-corrected chi connectivity index (χ3v) is 14.8. The van der Waals surface area contributed by atoms with Crippen molar-refractivity contribution in [3.05, 3.63) is 232 Å². The number of nitrogens with one attached hydrogen (secondary N) is 1. The van der Waals surface area contributed by atoms with E-state index in [9.17, 15) is 14.4 Å². The highest BCUT2D eigenvalue weighted by Gasteiger charge is 2.30. The van der Waals surface area contributed by atoms with E-state index in [1.807, 2.05) is 0 Å². The molecule has 0 aromatic heterocycles. The Kier molecular flexibility index (Phi) is 17.2. The standard InChI is InChI=1S/C69H71N3O6/c1-45(2)69(75)77-40-39-76-64(73)37-38-65(74)78-63-26-18-17-25-62(63)70-61-36-35-60(58-23-15-16-24-59(58)61)66(52-27-31-56(32-28-52)71(54-19-11-9-12-20-54)67-48(5)41-46(3)42-49(67)6)53-29-33-57(34-30-53)72(55-21-13-10-14-22-55)68-50(7)43-47(4)44-51(68)8/h9-16,19-24,27-36,41-44,62-63,66,70H,1,17-18,25-26,37-40H2,2-8H3. The predicted molar refractivity (Wildman–Crippen MR) is 317 cm³/mol. The zero-order valence-electron chi connectivity index (χ0n) is 46.1. The minimum atomic E-state index is -0.559. The van der Waals surface area contributed by atoms with Crippen LogP contribution >= 0.6 is 0 Å². The zero-order chi connectivity index (χ0) is 54.9. The lowest BCUT2D eigenvalue weighted by atomic mass is 9.82. The molecule has 9 nitrogen and oxygen atoms in total. The zero-order valence-corrected chi connectivity index (χ0v) is 46.1. The number of nitrogens with zero attached hydrogens (tertiary/aromatic N) is 2. The van der Waals surface area contributed by atoms with Crippen molar-refractivity contribution < 1.29 is 28.6 Å². The van der Waals surface area contributed by atoms with Gasteiger partial charge in [0.1, 0.15) is 19.3 Å². The highest BCUT2D eigenvalue weighted by atomic mass is 16.6. The summed E-state index contributed by atoms with van der Waals surface area (Å²) in [5, 5.41) is 6.03. The van der Waals surface area contributed by atoms with Crippen molar-refractivity contribution in [3.8, 4) is 0 Å². The van der Waals surface area contributed by atoms with Crippen LogP contribution in [0.3, 0.4) is 0 Å². The lowest BCUT2D eigenvalue weighted by Gasteiger charge is -2.33. The van der Waals surface area contributed by atoms with Gasteiger partial charge in [-0.3, -0.25) is 9.59 Å². The largest absolute Gasteiger partial charge is 0.462 e. The molecular formula is C69H71N3O6. The summed E-state index contributed by atoms with van der Waals surface area (Å²) in [7, 11) is 0. The average Bonchev–Trinajstić information content (AvgIpc) is 3.60. The average molecular weight is 1040 g/mol. The Morgan fingerprint density at radius 3 is 1.50 bits per heavy atom. The predicted octanol–water partition coefficient (Wildman–Crippen LogP) is 16.5. The number of fused-ring (bicyclic) bond motifs is 1. The summed E-state index contributed by atoms with van der Waals surface area (Å²) in [5.41, 5.74) is 18.7. The van der Waals surface area contributed by atoms with Gasteiger partial charge in [0.25, 0.3) is 0 Å². The number of hydrogen-bond donors (Lipinski definition) is 1. The van der Waals surface area contributed by atoms with Crippen molar-refractivity contribution in [2.24, 2.45) is 0 Å². The fourth-order valence-corrected chi connectivity index (χ4v) is 11.4. The summed E-state index contributed by atoms with van der Waals surface area (Å²) in [6.07, 6.45) is 2.84. The molecule has 9 heteroatoms. The number of carbonyl (C=O) groups excluding carboxylic acids is 3. The minimum absolute atomic E-state index is 0.0844. The van der Waals surface area contributed by atoms with Crippen molar-refractivity contribution in [2.75, 3.05) is 28.3 Å². The van der Waals surface area contributed by atoms with Gasteiger partial charge in [-0.1, -0.05) is 139 Å². The Morgan fingerprint density at radius 2 is 0.987 bits per heavy atom. The van der Waals surface area contributed by atoms with Crippen LogP contribution in [-0.2, 0) is 28.6 Å². The molecule has 0 bridgehead atoms. The summed E-state index contributed by atoms with van der Waals surface area (Å²) < 4.78 is 16.3. The van der Waals surface area contributed by atoms with Crippen LogP contribution in [0.25, 0.3) is 10.8 Å². The van der Waals surface area contributed by atoms with Crippen LogP contribution < -0.4 is 15.1 Å². The second-order valence-electron chi connectivity index (χ2n) is 20.9. The van der Waals surface area contributed by atoms with Gasteiger partial charge in [-0.25, -0.2) is 4.79 Å². The number of para-hydroxylation sites is 2. The number of carbonyl (C=O) groups is 3. The fourth-order valence-electron chi connectivity index (χ4n) is 11.4. The molecule has 1 N–H and O–H groups in total. The SMILES string of the molecule is C=C(C)C(=O)OCCOC(=O)CCC(=O)OC1CCCCC1Nc1ccc(C(c2ccc(N(c3ccccc3)c3c(C)cc(C)cc3C)cc2)c2ccc(N(c3ccccc3)c3c(C)cc(C)cc3C)cc2)c2ccccc12. The van der Waals surface area contributed by atoms with E-state index < -0.39 is 17.9 Å². The van der Waals surface area contributed by atoms with E-state index in [1.54, 1.807) is 6.92 Å². The molecule has 0 aliphatic heterocycles. The van der Waals surface area contributed by atoms with Crippen molar-refractivity contribution >= 4 is 68.5 Å². The Hall–Kier alpha value is -8.43.